The molecular weight excluding hydrogens is 288 g/mol. The quantitative estimate of drug-likeness (QED) is 0.925. The molecule has 2 aromatic rings. The molecule has 3 heterocycles. The Hall–Kier alpha value is -1.46. The van der Waals surface area contributed by atoms with Crippen LogP contribution in [0, 0.1) is 19.8 Å². The molecule has 124 valence electrons. The van der Waals surface area contributed by atoms with Crippen LogP contribution in [0.4, 0.5) is 0 Å². The lowest BCUT2D eigenvalue weighted by molar-refractivity contribution is -0.0969. The third-order valence-electron chi connectivity index (χ3n) is 5.76. The van der Waals surface area contributed by atoms with Crippen LogP contribution in [-0.4, -0.2) is 43.1 Å². The first kappa shape index (κ1) is 15.1. The van der Waals surface area contributed by atoms with E-state index in [1.807, 2.05) is 13.1 Å². The largest absolute Gasteiger partial charge is 0.390 e. The van der Waals surface area contributed by atoms with Gasteiger partial charge in [0.05, 0.1) is 17.5 Å². The molecule has 0 aromatic carbocycles. The molecule has 5 heteroatoms. The van der Waals surface area contributed by atoms with Crippen molar-refractivity contribution in [1.82, 2.24) is 19.3 Å². The molecule has 1 aliphatic heterocycles. The highest BCUT2D eigenvalue weighted by molar-refractivity contribution is 5.35. The van der Waals surface area contributed by atoms with E-state index in [4.69, 9.17) is 0 Å². The second-order valence-corrected chi connectivity index (χ2v) is 7.46. The SMILES string of the molecule is Cc1cc(C)n2c(CN3CCC4(O)CCCCC4C3)cnc2n1. The van der Waals surface area contributed by atoms with Crippen molar-refractivity contribution in [1.29, 1.82) is 0 Å². The second-order valence-electron chi connectivity index (χ2n) is 7.46. The summed E-state index contributed by atoms with van der Waals surface area (Å²) in [4.78, 5) is 11.5. The van der Waals surface area contributed by atoms with Gasteiger partial charge in [0, 0.05) is 36.9 Å². The molecule has 2 atom stereocenters. The summed E-state index contributed by atoms with van der Waals surface area (Å²) in [6.45, 7) is 6.98. The summed E-state index contributed by atoms with van der Waals surface area (Å²) in [6.07, 6.45) is 7.47. The molecule has 2 fully saturated rings. The molecular formula is C18H26N4O. The Morgan fingerprint density at radius 2 is 2.17 bits per heavy atom. The fourth-order valence-electron chi connectivity index (χ4n) is 4.52. The Kier molecular flexibility index (Phi) is 3.65. The normalized spacial score (nSPS) is 28.9. The van der Waals surface area contributed by atoms with Crippen LogP contribution >= 0.6 is 0 Å². The van der Waals surface area contributed by atoms with Gasteiger partial charge in [-0.1, -0.05) is 12.8 Å². The molecule has 1 aliphatic carbocycles. The maximum Gasteiger partial charge on any atom is 0.234 e. The van der Waals surface area contributed by atoms with Crippen LogP contribution in [0.3, 0.4) is 0 Å². The molecule has 2 aliphatic rings. The van der Waals surface area contributed by atoms with Crippen molar-refractivity contribution in [2.45, 2.75) is 58.1 Å². The standard InChI is InChI=1S/C18H26N4O/c1-13-9-14(2)22-16(10-19-17(22)20-13)12-21-8-7-18(23)6-4-3-5-15(18)11-21/h9-10,15,23H,3-8,11-12H2,1-2H3. The lowest BCUT2D eigenvalue weighted by atomic mass is 9.71. The van der Waals surface area contributed by atoms with Gasteiger partial charge in [0.15, 0.2) is 0 Å². The van der Waals surface area contributed by atoms with Crippen molar-refractivity contribution >= 4 is 5.78 Å². The predicted molar refractivity (Wildman–Crippen MR) is 89.3 cm³/mol. The van der Waals surface area contributed by atoms with Gasteiger partial charge in [-0.3, -0.25) is 9.30 Å². The Morgan fingerprint density at radius 3 is 3.04 bits per heavy atom. The average molecular weight is 314 g/mol. The molecule has 0 amide bonds. The van der Waals surface area contributed by atoms with Gasteiger partial charge in [-0.15, -0.1) is 0 Å². The van der Waals surface area contributed by atoms with Crippen LogP contribution in [0.15, 0.2) is 12.3 Å². The molecule has 23 heavy (non-hydrogen) atoms. The van der Waals surface area contributed by atoms with Crippen LogP contribution in [-0.2, 0) is 6.54 Å². The van der Waals surface area contributed by atoms with Gasteiger partial charge in [0.25, 0.3) is 0 Å². The van der Waals surface area contributed by atoms with E-state index in [0.717, 1.165) is 43.9 Å². The average Bonchev–Trinajstić information content (AvgIpc) is 2.90. The van der Waals surface area contributed by atoms with Gasteiger partial charge in [-0.05, 0) is 39.2 Å². The van der Waals surface area contributed by atoms with E-state index in [9.17, 15) is 5.11 Å². The van der Waals surface area contributed by atoms with Gasteiger partial charge >= 0.3 is 0 Å². The van der Waals surface area contributed by atoms with Crippen LogP contribution in [0.1, 0.15) is 49.2 Å². The zero-order chi connectivity index (χ0) is 16.0. The molecule has 2 unspecified atom stereocenters. The number of likely N-dealkylation sites (tertiary alicyclic amines) is 1. The molecule has 0 spiro atoms. The fraction of sp³-hybridized carbons (Fsp3) is 0.667. The van der Waals surface area contributed by atoms with Gasteiger partial charge in [0.1, 0.15) is 0 Å². The molecule has 4 rings (SSSR count). The summed E-state index contributed by atoms with van der Waals surface area (Å²) in [6, 6.07) is 2.11. The number of piperidine rings is 1. The lowest BCUT2D eigenvalue weighted by Gasteiger charge is -2.47. The number of aliphatic hydroxyl groups is 1. The van der Waals surface area contributed by atoms with Gasteiger partial charge < -0.3 is 5.11 Å². The zero-order valence-corrected chi connectivity index (χ0v) is 14.1. The highest BCUT2D eigenvalue weighted by atomic mass is 16.3. The molecule has 2 aromatic heterocycles. The minimum Gasteiger partial charge on any atom is -0.390 e. The van der Waals surface area contributed by atoms with Crippen molar-refractivity contribution in [3.63, 3.8) is 0 Å². The van der Waals surface area contributed by atoms with Crippen LogP contribution in [0.2, 0.25) is 0 Å². The number of hydrogen-bond donors (Lipinski definition) is 1. The predicted octanol–water partition coefficient (Wildman–Crippen LogP) is 2.47. The minimum atomic E-state index is -0.400. The Bertz CT molecular complexity index is 725. The van der Waals surface area contributed by atoms with Crippen molar-refractivity contribution in [2.75, 3.05) is 13.1 Å². The van der Waals surface area contributed by atoms with Gasteiger partial charge in [0.2, 0.25) is 5.78 Å². The topological polar surface area (TPSA) is 53.7 Å². The van der Waals surface area contributed by atoms with Crippen molar-refractivity contribution in [3.05, 3.63) is 29.3 Å². The van der Waals surface area contributed by atoms with E-state index in [-0.39, 0.29) is 0 Å². The Labute approximate surface area is 137 Å². The lowest BCUT2D eigenvalue weighted by Crippen LogP contribution is -2.53. The summed E-state index contributed by atoms with van der Waals surface area (Å²) in [7, 11) is 0. The second kappa shape index (κ2) is 5.56. The van der Waals surface area contributed by atoms with Crippen molar-refractivity contribution < 1.29 is 5.11 Å². The number of aryl methyl sites for hydroxylation is 2. The summed E-state index contributed by atoms with van der Waals surface area (Å²) in [5.41, 5.74) is 3.00. The maximum atomic E-state index is 10.8. The number of nitrogens with zero attached hydrogens (tertiary/aromatic N) is 4. The fourth-order valence-corrected chi connectivity index (χ4v) is 4.52. The van der Waals surface area contributed by atoms with Gasteiger partial charge in [-0.25, -0.2) is 9.97 Å². The Balaban J connectivity index is 1.55. The number of aromatic nitrogens is 3. The molecule has 1 saturated heterocycles. The minimum absolute atomic E-state index is 0.400. The van der Waals surface area contributed by atoms with E-state index < -0.39 is 5.60 Å². The number of fused-ring (bicyclic) bond motifs is 2. The highest BCUT2D eigenvalue weighted by Gasteiger charge is 2.42. The number of rotatable bonds is 2. The highest BCUT2D eigenvalue weighted by Crippen LogP contribution is 2.40. The third kappa shape index (κ3) is 2.66. The van der Waals surface area contributed by atoms with E-state index >= 15 is 0 Å². The smallest absolute Gasteiger partial charge is 0.234 e. The summed E-state index contributed by atoms with van der Waals surface area (Å²) < 4.78 is 2.16. The molecule has 1 saturated carbocycles. The third-order valence-corrected chi connectivity index (χ3v) is 5.76. The number of imidazole rings is 1. The van der Waals surface area contributed by atoms with E-state index in [2.05, 4.69) is 32.3 Å². The molecule has 1 N–H and O–H groups in total. The molecule has 0 bridgehead atoms. The maximum absolute atomic E-state index is 10.8. The van der Waals surface area contributed by atoms with Gasteiger partial charge in [-0.2, -0.15) is 0 Å². The van der Waals surface area contributed by atoms with E-state index in [0.29, 0.717) is 5.92 Å². The first-order valence-corrected chi connectivity index (χ1v) is 8.80. The summed E-state index contributed by atoms with van der Waals surface area (Å²) in [5.74, 6) is 1.23. The Morgan fingerprint density at radius 1 is 1.30 bits per heavy atom. The van der Waals surface area contributed by atoms with E-state index in [1.54, 1.807) is 0 Å². The monoisotopic (exact) mass is 314 g/mol. The van der Waals surface area contributed by atoms with Crippen LogP contribution in [0.5, 0.6) is 0 Å². The molecule has 5 nitrogen and oxygen atoms in total. The number of hydrogen-bond acceptors (Lipinski definition) is 4. The van der Waals surface area contributed by atoms with Crippen molar-refractivity contribution in [2.24, 2.45) is 5.92 Å². The molecule has 0 radical (unpaired) electrons. The van der Waals surface area contributed by atoms with Crippen LogP contribution < -0.4 is 0 Å². The van der Waals surface area contributed by atoms with E-state index in [1.165, 1.54) is 30.7 Å². The summed E-state index contributed by atoms with van der Waals surface area (Å²) in [5, 5.41) is 10.8. The first-order chi connectivity index (χ1) is 11.0. The van der Waals surface area contributed by atoms with Crippen LogP contribution in [0.25, 0.3) is 5.78 Å². The zero-order valence-electron chi connectivity index (χ0n) is 14.1. The van der Waals surface area contributed by atoms with Crippen molar-refractivity contribution in [3.8, 4) is 0 Å². The first-order valence-electron chi connectivity index (χ1n) is 8.80. The summed E-state index contributed by atoms with van der Waals surface area (Å²) >= 11 is 0.